The molecule has 0 aromatic carbocycles. The van der Waals surface area contributed by atoms with E-state index in [1.807, 2.05) is 0 Å². The molecule has 0 radical (unpaired) electrons. The third kappa shape index (κ3) is 2.43. The minimum Gasteiger partial charge on any atom is -0.425 e. The van der Waals surface area contributed by atoms with Gasteiger partial charge >= 0.3 is 5.43 Å². The monoisotopic (exact) mass is 167 g/mol. The molecule has 0 aromatic rings. The summed E-state index contributed by atoms with van der Waals surface area (Å²) in [7, 11) is 0. The van der Waals surface area contributed by atoms with Crippen LogP contribution in [0.1, 0.15) is 0 Å². The zero-order valence-electron chi connectivity index (χ0n) is 4.59. The van der Waals surface area contributed by atoms with E-state index in [2.05, 4.69) is 10.1 Å². The number of carbonyl (C=O) groups excluding carboxylic acids is 1. The van der Waals surface area contributed by atoms with Crippen molar-refractivity contribution >= 4 is 28.8 Å². The zero-order chi connectivity index (χ0) is 6.69. The van der Waals surface area contributed by atoms with Crippen molar-refractivity contribution in [2.75, 3.05) is 12.3 Å². The van der Waals surface area contributed by atoms with Crippen molar-refractivity contribution in [2.24, 2.45) is 0 Å². The lowest BCUT2D eigenvalue weighted by molar-refractivity contribution is 0.152. The highest BCUT2D eigenvalue weighted by molar-refractivity contribution is 8.00. The Hall–Kier alpha value is 0.0700. The summed E-state index contributed by atoms with van der Waals surface area (Å²) in [4.78, 5) is 10.1. The molecule has 1 N–H and O–H groups in total. The summed E-state index contributed by atoms with van der Waals surface area (Å²) in [5.41, 5.74) is -0.975. The predicted octanol–water partition coefficient (Wildman–Crippen LogP) is 0.982. The second kappa shape index (κ2) is 3.29. The number of nitrogens with one attached hydrogen (secondary N) is 1. The van der Waals surface area contributed by atoms with Gasteiger partial charge in [0.15, 0.2) is 0 Å². The molecule has 5 heteroatoms. The first-order valence-corrected chi connectivity index (χ1v) is 3.93. The number of halogens is 1. The van der Waals surface area contributed by atoms with Gasteiger partial charge in [0, 0.05) is 23.9 Å². The predicted molar refractivity (Wildman–Crippen MR) is 36.6 cm³/mol. The van der Waals surface area contributed by atoms with Crippen LogP contribution in [0.4, 0.5) is 4.79 Å². The number of hydrogen-bond donors (Lipinski definition) is 1. The van der Waals surface area contributed by atoms with Crippen molar-refractivity contribution in [3.05, 3.63) is 0 Å². The molecule has 1 atom stereocenters. The Bertz CT molecular complexity index is 115. The van der Waals surface area contributed by atoms with E-state index >= 15 is 0 Å². The first-order chi connectivity index (χ1) is 4.29. The molecule has 0 aromatic heterocycles. The average Bonchev–Trinajstić information content (AvgIpc) is 2.15. The number of rotatable bonds is 1. The van der Waals surface area contributed by atoms with Gasteiger partial charge in [-0.25, -0.2) is 4.79 Å². The van der Waals surface area contributed by atoms with Crippen LogP contribution >= 0.6 is 23.4 Å². The Morgan fingerprint density at radius 3 is 3.11 bits per heavy atom. The van der Waals surface area contributed by atoms with Gasteiger partial charge in [0.05, 0.1) is 0 Å². The summed E-state index contributed by atoms with van der Waals surface area (Å²) in [5.74, 6) is 0.967. The van der Waals surface area contributed by atoms with Crippen LogP contribution in [0.3, 0.4) is 0 Å². The molecule has 1 rings (SSSR count). The van der Waals surface area contributed by atoms with Crippen LogP contribution in [0, 0.1) is 0 Å². The van der Waals surface area contributed by atoms with Gasteiger partial charge < -0.3 is 4.74 Å². The molecule has 0 bridgehead atoms. The summed E-state index contributed by atoms with van der Waals surface area (Å²) in [6, 6.07) is 0. The largest absolute Gasteiger partial charge is 0.425 e. The molecule has 0 spiro atoms. The molecule has 0 saturated carbocycles. The second-order valence-corrected chi connectivity index (χ2v) is 2.99. The van der Waals surface area contributed by atoms with Gasteiger partial charge in [-0.1, -0.05) is 0 Å². The summed E-state index contributed by atoms with van der Waals surface area (Å²) in [6.07, 6.45) is 0. The summed E-state index contributed by atoms with van der Waals surface area (Å²) >= 11 is 6.48. The van der Waals surface area contributed by atoms with Crippen molar-refractivity contribution in [1.29, 1.82) is 0 Å². The van der Waals surface area contributed by atoms with E-state index in [0.717, 1.165) is 12.3 Å². The smallest absolute Gasteiger partial charge is 0.405 e. The normalized spacial score (nSPS) is 26.1. The van der Waals surface area contributed by atoms with Crippen LogP contribution in [0.5, 0.6) is 0 Å². The van der Waals surface area contributed by atoms with Crippen LogP contribution in [-0.2, 0) is 4.74 Å². The molecule has 1 heterocycles. The van der Waals surface area contributed by atoms with E-state index in [-0.39, 0.29) is 5.56 Å². The maximum atomic E-state index is 10.1. The molecule has 3 nitrogen and oxygen atoms in total. The minimum atomic E-state index is -0.748. The van der Waals surface area contributed by atoms with Crippen molar-refractivity contribution in [2.45, 2.75) is 5.56 Å². The quantitative estimate of drug-likeness (QED) is 0.591. The Balaban J connectivity index is 2.19. The van der Waals surface area contributed by atoms with Gasteiger partial charge in [-0.05, 0) is 0 Å². The van der Waals surface area contributed by atoms with E-state index in [1.54, 1.807) is 0 Å². The summed E-state index contributed by atoms with van der Waals surface area (Å²) in [5, 5.41) is 2.92. The minimum absolute atomic E-state index is 0.227. The molecule has 0 amide bonds. The fraction of sp³-hybridized carbons (Fsp3) is 0.750. The average molecular weight is 168 g/mol. The maximum Gasteiger partial charge on any atom is 0.405 e. The van der Waals surface area contributed by atoms with Gasteiger partial charge in [0.25, 0.3) is 0 Å². The lowest BCUT2D eigenvalue weighted by atomic mass is 10.8. The Morgan fingerprint density at radius 1 is 1.89 bits per heavy atom. The van der Waals surface area contributed by atoms with Crippen LogP contribution in [0.15, 0.2) is 0 Å². The molecule has 9 heavy (non-hydrogen) atoms. The number of ether oxygens (including phenoxy) is 1. The van der Waals surface area contributed by atoms with E-state index in [9.17, 15) is 4.79 Å². The highest BCUT2D eigenvalue weighted by Crippen LogP contribution is 2.15. The first-order valence-electron chi connectivity index (χ1n) is 2.50. The number of carbonyl (C=O) groups is 1. The molecular weight excluding hydrogens is 162 g/mol. The van der Waals surface area contributed by atoms with E-state index < -0.39 is 5.43 Å². The summed E-state index contributed by atoms with van der Waals surface area (Å²) in [6.45, 7) is 0.875. The van der Waals surface area contributed by atoms with Gasteiger partial charge in [-0.2, -0.15) is 0 Å². The van der Waals surface area contributed by atoms with Crippen molar-refractivity contribution in [3.63, 3.8) is 0 Å². The van der Waals surface area contributed by atoms with E-state index in [1.165, 1.54) is 11.8 Å². The first kappa shape index (κ1) is 7.18. The second-order valence-electron chi connectivity index (χ2n) is 1.51. The van der Waals surface area contributed by atoms with Gasteiger partial charge in [0.2, 0.25) is 5.56 Å². The van der Waals surface area contributed by atoms with Crippen LogP contribution in [0.25, 0.3) is 0 Å². The van der Waals surface area contributed by atoms with Crippen molar-refractivity contribution in [1.82, 2.24) is 5.32 Å². The fourth-order valence-corrected chi connectivity index (χ4v) is 1.54. The molecule has 1 unspecified atom stereocenters. The summed E-state index contributed by atoms with van der Waals surface area (Å²) < 4.78 is 4.59. The van der Waals surface area contributed by atoms with Crippen molar-refractivity contribution in [3.8, 4) is 0 Å². The molecule has 1 saturated heterocycles. The number of hydrogen-bond acceptors (Lipinski definition) is 4. The standard InChI is InChI=1S/C4H6ClNO2S/c5-3(7)8-4-6-1-2-9-4/h4,6H,1-2H2. The third-order valence-electron chi connectivity index (χ3n) is 0.882. The molecule has 1 aliphatic heterocycles. The number of thioether (sulfide) groups is 1. The third-order valence-corrected chi connectivity index (χ3v) is 1.98. The molecule has 0 aliphatic carbocycles. The molecule has 1 aliphatic rings. The highest BCUT2D eigenvalue weighted by Gasteiger charge is 2.17. The Labute approximate surface area is 62.1 Å². The topological polar surface area (TPSA) is 38.3 Å². The molecule has 1 fully saturated rings. The maximum absolute atomic E-state index is 10.1. The van der Waals surface area contributed by atoms with E-state index in [4.69, 9.17) is 11.6 Å². The fourth-order valence-electron chi connectivity index (χ4n) is 0.562. The zero-order valence-corrected chi connectivity index (χ0v) is 6.17. The van der Waals surface area contributed by atoms with Crippen LogP contribution < -0.4 is 5.32 Å². The van der Waals surface area contributed by atoms with Crippen LogP contribution in [0.2, 0.25) is 0 Å². The van der Waals surface area contributed by atoms with Gasteiger partial charge in [0.1, 0.15) is 0 Å². The van der Waals surface area contributed by atoms with Gasteiger partial charge in [-0.3, -0.25) is 5.32 Å². The van der Waals surface area contributed by atoms with Crippen molar-refractivity contribution < 1.29 is 9.53 Å². The Kier molecular flexibility index (Phi) is 2.63. The SMILES string of the molecule is O=C(Cl)OC1NCCS1. The van der Waals surface area contributed by atoms with Gasteiger partial charge in [-0.15, -0.1) is 11.8 Å². The van der Waals surface area contributed by atoms with Crippen LogP contribution in [-0.4, -0.2) is 23.3 Å². The molecular formula is C4H6ClNO2S. The van der Waals surface area contributed by atoms with E-state index in [0.29, 0.717) is 0 Å². The Morgan fingerprint density at radius 2 is 2.67 bits per heavy atom. The highest BCUT2D eigenvalue weighted by atomic mass is 35.5. The lowest BCUT2D eigenvalue weighted by Gasteiger charge is -2.06. The lowest BCUT2D eigenvalue weighted by Crippen LogP contribution is -2.23. The molecule has 52 valence electrons.